The van der Waals surface area contributed by atoms with Gasteiger partial charge in [-0.1, -0.05) is 46.2 Å². The fourth-order valence-electron chi connectivity index (χ4n) is 3.98. The third kappa shape index (κ3) is 5.57. The Labute approximate surface area is 159 Å². The smallest absolute Gasteiger partial charge is 0.254 e. The van der Waals surface area contributed by atoms with Crippen LogP contribution in [0, 0.1) is 5.92 Å². The number of hydrogen-bond acceptors (Lipinski definition) is 2. The average molecular weight is 360 g/mol. The molecule has 1 amide bonds. The van der Waals surface area contributed by atoms with Crippen molar-refractivity contribution in [3.63, 3.8) is 0 Å². The van der Waals surface area contributed by atoms with Crippen LogP contribution in [0.4, 0.5) is 0 Å². The summed E-state index contributed by atoms with van der Waals surface area (Å²) < 4.78 is 0. The number of nitrogens with zero attached hydrogens (tertiary/aromatic N) is 1. The highest BCUT2D eigenvalue weighted by Gasteiger charge is 2.29. The second-order valence-corrected chi connectivity index (χ2v) is 8.87. The van der Waals surface area contributed by atoms with Gasteiger partial charge in [0.05, 0.1) is 0 Å². The second kappa shape index (κ2) is 9.55. The van der Waals surface area contributed by atoms with Crippen molar-refractivity contribution in [2.24, 2.45) is 5.92 Å². The summed E-state index contributed by atoms with van der Waals surface area (Å²) in [6.45, 7) is 9.91. The summed E-state index contributed by atoms with van der Waals surface area (Å²) in [6.07, 6.45) is 7.47. The molecule has 1 aliphatic carbocycles. The van der Waals surface area contributed by atoms with Crippen molar-refractivity contribution in [1.29, 1.82) is 0 Å². The van der Waals surface area contributed by atoms with Gasteiger partial charge in [0.2, 0.25) is 0 Å². The first-order valence-corrected chi connectivity index (χ1v) is 10.4. The first-order valence-electron chi connectivity index (χ1n) is 10.4. The molecular weight excluding hydrogens is 322 g/mol. The number of aliphatic hydroxyl groups excluding tert-OH is 1. The van der Waals surface area contributed by atoms with Gasteiger partial charge >= 0.3 is 0 Å². The largest absolute Gasteiger partial charge is 0.396 e. The molecule has 146 valence electrons. The van der Waals surface area contributed by atoms with Crippen LogP contribution in [-0.2, 0) is 5.41 Å². The zero-order chi connectivity index (χ0) is 19.2. The summed E-state index contributed by atoms with van der Waals surface area (Å²) in [7, 11) is 0. The number of aliphatic hydroxyl groups is 1. The Bertz CT molecular complexity index is 551. The van der Waals surface area contributed by atoms with Crippen LogP contribution < -0.4 is 0 Å². The zero-order valence-electron chi connectivity index (χ0n) is 17.1. The van der Waals surface area contributed by atoms with Gasteiger partial charge in [-0.25, -0.2) is 0 Å². The van der Waals surface area contributed by atoms with Crippen LogP contribution in [0.3, 0.4) is 0 Å². The van der Waals surface area contributed by atoms with E-state index < -0.39 is 0 Å². The van der Waals surface area contributed by atoms with Gasteiger partial charge in [0.25, 0.3) is 5.91 Å². The van der Waals surface area contributed by atoms with Crippen LogP contribution in [0.2, 0.25) is 0 Å². The molecule has 1 aromatic rings. The summed E-state index contributed by atoms with van der Waals surface area (Å²) in [6, 6.07) is 8.55. The first kappa shape index (κ1) is 21.0. The predicted octanol–water partition coefficient (Wildman–Crippen LogP) is 5.17. The van der Waals surface area contributed by atoms with E-state index in [1.54, 1.807) is 0 Å². The summed E-state index contributed by atoms with van der Waals surface area (Å²) >= 11 is 0. The van der Waals surface area contributed by atoms with Crippen LogP contribution in [0.25, 0.3) is 0 Å². The van der Waals surface area contributed by atoms with E-state index in [2.05, 4.69) is 44.7 Å². The Morgan fingerprint density at radius 3 is 2.23 bits per heavy atom. The van der Waals surface area contributed by atoms with Crippen LogP contribution in [-0.4, -0.2) is 35.1 Å². The van der Waals surface area contributed by atoms with E-state index in [9.17, 15) is 4.79 Å². The molecule has 1 fully saturated rings. The normalized spacial score (nSPS) is 20.8. The highest BCUT2D eigenvalue weighted by Crippen LogP contribution is 2.31. The van der Waals surface area contributed by atoms with Gasteiger partial charge in [0, 0.05) is 24.8 Å². The van der Waals surface area contributed by atoms with Crippen molar-refractivity contribution < 1.29 is 9.90 Å². The predicted molar refractivity (Wildman–Crippen MR) is 109 cm³/mol. The van der Waals surface area contributed by atoms with E-state index >= 15 is 0 Å². The zero-order valence-corrected chi connectivity index (χ0v) is 17.1. The van der Waals surface area contributed by atoms with E-state index in [-0.39, 0.29) is 17.9 Å². The average Bonchev–Trinajstić information content (AvgIpc) is 2.63. The number of unbranched alkanes of at least 4 members (excludes halogenated alkanes) is 1. The van der Waals surface area contributed by atoms with E-state index in [1.807, 2.05) is 12.1 Å². The Morgan fingerprint density at radius 2 is 1.73 bits per heavy atom. The summed E-state index contributed by atoms with van der Waals surface area (Å²) in [5.41, 5.74) is 2.18. The summed E-state index contributed by atoms with van der Waals surface area (Å²) in [4.78, 5) is 15.3. The van der Waals surface area contributed by atoms with Gasteiger partial charge in [0.1, 0.15) is 0 Å². The molecular formula is C23H37NO2. The number of carbonyl (C=O) groups is 1. The number of benzene rings is 1. The number of carbonyl (C=O) groups excluding carboxylic acids is 1. The number of rotatable bonds is 7. The molecule has 0 spiro atoms. The molecule has 3 heteroatoms. The minimum Gasteiger partial charge on any atom is -0.396 e. The second-order valence-electron chi connectivity index (χ2n) is 8.87. The Hall–Kier alpha value is -1.35. The number of hydrogen-bond donors (Lipinski definition) is 1. The van der Waals surface area contributed by atoms with Gasteiger partial charge in [0.15, 0.2) is 0 Å². The molecule has 0 heterocycles. The molecule has 1 saturated carbocycles. The maximum Gasteiger partial charge on any atom is 0.254 e. The topological polar surface area (TPSA) is 40.5 Å². The van der Waals surface area contributed by atoms with Gasteiger partial charge in [-0.3, -0.25) is 4.79 Å². The van der Waals surface area contributed by atoms with Gasteiger partial charge in [-0.2, -0.15) is 0 Å². The molecule has 1 N–H and O–H groups in total. The molecule has 2 rings (SSSR count). The monoisotopic (exact) mass is 359 g/mol. The Balaban J connectivity index is 2.09. The third-order valence-corrected chi connectivity index (χ3v) is 5.81. The molecule has 0 saturated heterocycles. The van der Waals surface area contributed by atoms with Crippen LogP contribution in [0.5, 0.6) is 0 Å². The van der Waals surface area contributed by atoms with E-state index in [0.29, 0.717) is 12.0 Å². The molecule has 0 radical (unpaired) electrons. The van der Waals surface area contributed by atoms with Crippen molar-refractivity contribution in [2.75, 3.05) is 13.2 Å². The van der Waals surface area contributed by atoms with E-state index in [0.717, 1.165) is 57.1 Å². The van der Waals surface area contributed by atoms with Gasteiger partial charge < -0.3 is 10.0 Å². The molecule has 26 heavy (non-hydrogen) atoms. The lowest BCUT2D eigenvalue weighted by atomic mass is 9.83. The Morgan fingerprint density at radius 1 is 1.12 bits per heavy atom. The fraction of sp³-hybridized carbons (Fsp3) is 0.696. The molecule has 0 aliphatic heterocycles. The maximum absolute atomic E-state index is 13.2. The summed E-state index contributed by atoms with van der Waals surface area (Å²) in [5.74, 6) is 0.815. The maximum atomic E-state index is 13.2. The van der Waals surface area contributed by atoms with E-state index in [4.69, 9.17) is 5.11 Å². The molecule has 0 unspecified atom stereocenters. The summed E-state index contributed by atoms with van der Waals surface area (Å²) in [5, 5.41) is 9.16. The third-order valence-electron chi connectivity index (χ3n) is 5.81. The fourth-order valence-corrected chi connectivity index (χ4v) is 3.98. The van der Waals surface area contributed by atoms with Gasteiger partial charge in [-0.15, -0.1) is 0 Å². The molecule has 0 atom stereocenters. The minimum absolute atomic E-state index is 0.106. The van der Waals surface area contributed by atoms with Crippen LogP contribution in [0.1, 0.15) is 88.6 Å². The van der Waals surface area contributed by atoms with Crippen molar-refractivity contribution >= 4 is 5.91 Å². The van der Waals surface area contributed by atoms with Crippen LogP contribution >= 0.6 is 0 Å². The lowest BCUT2D eigenvalue weighted by molar-refractivity contribution is 0.0596. The lowest BCUT2D eigenvalue weighted by Crippen LogP contribution is -2.43. The number of amides is 1. The van der Waals surface area contributed by atoms with Crippen molar-refractivity contribution in [2.45, 2.75) is 84.1 Å². The highest BCUT2D eigenvalue weighted by atomic mass is 16.3. The van der Waals surface area contributed by atoms with Gasteiger partial charge in [-0.05, 0) is 67.6 Å². The molecule has 0 aromatic heterocycles. The molecule has 1 aliphatic rings. The Kier molecular flexibility index (Phi) is 7.69. The quantitative estimate of drug-likeness (QED) is 0.730. The first-order chi connectivity index (χ1) is 12.4. The molecule has 0 bridgehead atoms. The standard InChI is InChI=1S/C23H37NO2/c1-5-6-16-24(21-13-7-18(8-14-21)15-17-25)22(26)19-9-11-20(12-10-19)23(2,3)4/h9-12,18,21,25H,5-8,13-17H2,1-4H3. The van der Waals surface area contributed by atoms with Crippen molar-refractivity contribution in [1.82, 2.24) is 4.90 Å². The van der Waals surface area contributed by atoms with Crippen molar-refractivity contribution in [3.8, 4) is 0 Å². The molecule has 3 nitrogen and oxygen atoms in total. The lowest BCUT2D eigenvalue weighted by Gasteiger charge is -2.37. The van der Waals surface area contributed by atoms with Crippen molar-refractivity contribution in [3.05, 3.63) is 35.4 Å². The molecule has 1 aromatic carbocycles. The minimum atomic E-state index is 0.106. The SMILES string of the molecule is CCCCN(C(=O)c1ccc(C(C)(C)C)cc1)C1CCC(CCO)CC1. The highest BCUT2D eigenvalue weighted by molar-refractivity contribution is 5.94. The van der Waals surface area contributed by atoms with E-state index in [1.165, 1.54) is 5.56 Å². The van der Waals surface area contributed by atoms with Crippen LogP contribution in [0.15, 0.2) is 24.3 Å².